The van der Waals surface area contributed by atoms with E-state index >= 15 is 0 Å². The third kappa shape index (κ3) is 3.79. The van der Waals surface area contributed by atoms with Crippen LogP contribution in [-0.2, 0) is 6.42 Å². The summed E-state index contributed by atoms with van der Waals surface area (Å²) >= 11 is 0. The molecule has 0 aliphatic carbocycles. The highest BCUT2D eigenvalue weighted by Gasteiger charge is 2.47. The highest BCUT2D eigenvalue weighted by Crippen LogP contribution is 2.42. The number of hydrogen-bond donors (Lipinski definition) is 1. The summed E-state index contributed by atoms with van der Waals surface area (Å²) in [6, 6.07) is 1.43. The van der Waals surface area contributed by atoms with E-state index in [1.807, 2.05) is 20.8 Å². The number of halogens is 3. The van der Waals surface area contributed by atoms with Crippen molar-refractivity contribution in [2.45, 2.75) is 64.2 Å². The van der Waals surface area contributed by atoms with Crippen molar-refractivity contribution in [1.82, 2.24) is 19.8 Å². The van der Waals surface area contributed by atoms with Crippen LogP contribution in [0.5, 0.6) is 0 Å². The van der Waals surface area contributed by atoms with Gasteiger partial charge in [0.1, 0.15) is 5.82 Å². The van der Waals surface area contributed by atoms with Crippen LogP contribution in [0.1, 0.15) is 67.5 Å². The second-order valence-electron chi connectivity index (χ2n) is 8.46. The average Bonchev–Trinajstić information content (AvgIpc) is 3.43. The number of carbonyl (C=O) groups excluding carboxylic acids is 1. The summed E-state index contributed by atoms with van der Waals surface area (Å²) in [4.78, 5) is 14.3. The van der Waals surface area contributed by atoms with Gasteiger partial charge in [0, 0.05) is 37.2 Å². The second-order valence-corrected chi connectivity index (χ2v) is 8.46. The standard InChI is InChI=1S/C20H26F3N5O2/c1-4-13-7-16(30-26-13)19(29)27-6-5-12(10-27)15-9-18-24-14(11(2)3)8-17(20(21,22)23)28(18)25-15/h7,9,11-12,14,17,24H,4-6,8,10H2,1-3H3/t12-,14+,17-/m1/s1. The SMILES string of the molecule is CCc1cc(C(=O)N2CC[C@@H](c3cc4n(n3)[C@@H](C(F)(F)F)C[C@@H](C(C)C)N4)C2)on1. The summed E-state index contributed by atoms with van der Waals surface area (Å²) in [5.41, 5.74) is 1.29. The number of likely N-dealkylation sites (tertiary alicyclic amines) is 1. The Morgan fingerprint density at radius 2 is 2.13 bits per heavy atom. The van der Waals surface area contributed by atoms with Gasteiger partial charge in [-0.3, -0.25) is 4.79 Å². The molecular weight excluding hydrogens is 399 g/mol. The molecule has 4 rings (SSSR count). The predicted octanol–water partition coefficient (Wildman–Crippen LogP) is 4.01. The number of hydrogen-bond acceptors (Lipinski definition) is 5. The van der Waals surface area contributed by atoms with Gasteiger partial charge in [-0.1, -0.05) is 25.9 Å². The van der Waals surface area contributed by atoms with Crippen molar-refractivity contribution >= 4 is 11.7 Å². The Balaban J connectivity index is 1.53. The van der Waals surface area contributed by atoms with E-state index in [0.29, 0.717) is 43.1 Å². The lowest BCUT2D eigenvalue weighted by atomic mass is 9.94. The molecule has 2 aromatic heterocycles. The van der Waals surface area contributed by atoms with Crippen LogP contribution in [0.25, 0.3) is 0 Å². The first-order chi connectivity index (χ1) is 14.2. The zero-order valence-corrected chi connectivity index (χ0v) is 17.2. The van der Waals surface area contributed by atoms with Crippen LogP contribution >= 0.6 is 0 Å². The van der Waals surface area contributed by atoms with Crippen molar-refractivity contribution in [3.8, 4) is 0 Å². The molecule has 2 aromatic rings. The predicted molar refractivity (Wildman–Crippen MR) is 103 cm³/mol. The molecule has 3 atom stereocenters. The van der Waals surface area contributed by atoms with Crippen LogP contribution in [0, 0.1) is 5.92 Å². The Morgan fingerprint density at radius 3 is 2.77 bits per heavy atom. The Hall–Kier alpha value is -2.52. The number of nitrogens with one attached hydrogen (secondary N) is 1. The molecule has 1 fully saturated rings. The number of amides is 1. The molecule has 2 aliphatic rings. The molecule has 1 amide bonds. The molecule has 164 valence electrons. The average molecular weight is 425 g/mol. The van der Waals surface area contributed by atoms with Crippen LogP contribution in [-0.4, -0.2) is 51.1 Å². The first-order valence-electron chi connectivity index (χ1n) is 10.3. The fourth-order valence-electron chi connectivity index (χ4n) is 4.18. The van der Waals surface area contributed by atoms with Crippen molar-refractivity contribution in [2.24, 2.45) is 5.92 Å². The minimum atomic E-state index is -4.37. The zero-order chi connectivity index (χ0) is 21.6. The summed E-state index contributed by atoms with van der Waals surface area (Å²) in [6.07, 6.45) is -3.10. The summed E-state index contributed by atoms with van der Waals surface area (Å²) in [6.45, 7) is 6.63. The van der Waals surface area contributed by atoms with E-state index in [9.17, 15) is 18.0 Å². The van der Waals surface area contributed by atoms with Crippen LogP contribution in [0.2, 0.25) is 0 Å². The topological polar surface area (TPSA) is 76.2 Å². The highest BCUT2D eigenvalue weighted by molar-refractivity contribution is 5.91. The second kappa shape index (κ2) is 7.63. The van der Waals surface area contributed by atoms with Crippen molar-refractivity contribution in [3.63, 3.8) is 0 Å². The molecule has 30 heavy (non-hydrogen) atoms. The maximum absolute atomic E-state index is 13.7. The fraction of sp³-hybridized carbons (Fsp3) is 0.650. The summed E-state index contributed by atoms with van der Waals surface area (Å²) < 4.78 is 47.2. The maximum Gasteiger partial charge on any atom is 0.410 e. The van der Waals surface area contributed by atoms with Gasteiger partial charge in [-0.05, 0) is 25.2 Å². The van der Waals surface area contributed by atoms with Crippen LogP contribution in [0.15, 0.2) is 16.7 Å². The summed E-state index contributed by atoms with van der Waals surface area (Å²) in [7, 11) is 0. The van der Waals surface area contributed by atoms with Gasteiger partial charge in [-0.2, -0.15) is 18.3 Å². The monoisotopic (exact) mass is 425 g/mol. The normalized spacial score (nSPS) is 24.2. The fourth-order valence-corrected chi connectivity index (χ4v) is 4.18. The smallest absolute Gasteiger partial charge is 0.367 e. The van der Waals surface area contributed by atoms with Crippen LogP contribution in [0.3, 0.4) is 0 Å². The van der Waals surface area contributed by atoms with E-state index in [0.717, 1.165) is 4.68 Å². The molecular formula is C20H26F3N5O2. The molecule has 0 unspecified atom stereocenters. The molecule has 0 saturated carbocycles. The Bertz CT molecular complexity index is 920. The van der Waals surface area contributed by atoms with Gasteiger partial charge in [-0.15, -0.1) is 0 Å². The number of aromatic nitrogens is 3. The molecule has 7 nitrogen and oxygen atoms in total. The quantitative estimate of drug-likeness (QED) is 0.801. The van der Waals surface area contributed by atoms with E-state index in [1.165, 1.54) is 0 Å². The number of rotatable bonds is 4. The Labute approximate surface area is 172 Å². The first kappa shape index (κ1) is 20.7. The molecule has 0 radical (unpaired) electrons. The minimum Gasteiger partial charge on any atom is -0.367 e. The highest BCUT2D eigenvalue weighted by atomic mass is 19.4. The minimum absolute atomic E-state index is 0.0458. The molecule has 4 heterocycles. The molecule has 1 saturated heterocycles. The Morgan fingerprint density at radius 1 is 1.37 bits per heavy atom. The number of nitrogens with zero attached hydrogens (tertiary/aromatic N) is 4. The van der Waals surface area contributed by atoms with Gasteiger partial charge in [-0.25, -0.2) is 4.68 Å². The van der Waals surface area contributed by atoms with Crippen molar-refractivity contribution in [2.75, 3.05) is 18.4 Å². The van der Waals surface area contributed by atoms with Gasteiger partial charge < -0.3 is 14.7 Å². The zero-order valence-electron chi connectivity index (χ0n) is 17.2. The van der Waals surface area contributed by atoms with E-state index in [1.54, 1.807) is 17.0 Å². The van der Waals surface area contributed by atoms with Gasteiger partial charge in [0.25, 0.3) is 5.91 Å². The molecule has 0 bridgehead atoms. The van der Waals surface area contributed by atoms with Crippen molar-refractivity contribution < 1.29 is 22.5 Å². The largest absolute Gasteiger partial charge is 0.410 e. The molecule has 0 aromatic carbocycles. The first-order valence-corrected chi connectivity index (χ1v) is 10.3. The molecule has 10 heteroatoms. The Kier molecular flexibility index (Phi) is 5.27. The number of aryl methyl sites for hydroxylation is 1. The van der Waals surface area contributed by atoms with Crippen molar-refractivity contribution in [1.29, 1.82) is 0 Å². The van der Waals surface area contributed by atoms with Crippen LogP contribution < -0.4 is 5.32 Å². The van der Waals surface area contributed by atoms with E-state index in [-0.39, 0.29) is 36.0 Å². The van der Waals surface area contributed by atoms with Crippen LogP contribution in [0.4, 0.5) is 19.0 Å². The summed E-state index contributed by atoms with van der Waals surface area (Å²) in [5, 5.41) is 11.4. The van der Waals surface area contributed by atoms with Gasteiger partial charge in [0.15, 0.2) is 6.04 Å². The molecule has 0 spiro atoms. The number of alkyl halides is 3. The third-order valence-electron chi connectivity index (χ3n) is 6.07. The maximum atomic E-state index is 13.7. The number of anilines is 1. The van der Waals surface area contributed by atoms with Gasteiger partial charge in [0.2, 0.25) is 5.76 Å². The number of carbonyl (C=O) groups is 1. The lowest BCUT2D eigenvalue weighted by molar-refractivity contribution is -0.174. The molecule has 2 aliphatic heterocycles. The van der Waals surface area contributed by atoms with Gasteiger partial charge in [0.05, 0.1) is 11.4 Å². The number of fused-ring (bicyclic) bond motifs is 1. The van der Waals surface area contributed by atoms with Gasteiger partial charge >= 0.3 is 6.18 Å². The third-order valence-corrected chi connectivity index (χ3v) is 6.07. The van der Waals surface area contributed by atoms with E-state index < -0.39 is 12.2 Å². The lowest BCUT2D eigenvalue weighted by Crippen LogP contribution is -2.41. The molecule has 1 N–H and O–H groups in total. The summed E-state index contributed by atoms with van der Waals surface area (Å²) in [5.74, 6) is 0.283. The van der Waals surface area contributed by atoms with E-state index in [2.05, 4.69) is 15.6 Å². The van der Waals surface area contributed by atoms with E-state index in [4.69, 9.17) is 4.52 Å². The van der Waals surface area contributed by atoms with Crippen molar-refractivity contribution in [3.05, 3.63) is 29.3 Å². The lowest BCUT2D eigenvalue weighted by Gasteiger charge is -2.35.